The third-order valence-electron chi connectivity index (χ3n) is 3.18. The number of aromatic nitrogens is 1. The Kier molecular flexibility index (Phi) is 4.99. The lowest BCUT2D eigenvalue weighted by molar-refractivity contribution is 0.516. The van der Waals surface area contributed by atoms with Crippen molar-refractivity contribution in [1.29, 1.82) is 0 Å². The van der Waals surface area contributed by atoms with Crippen molar-refractivity contribution in [3.8, 4) is 0 Å². The average molecular weight is 271 g/mol. The summed E-state index contributed by atoms with van der Waals surface area (Å²) in [5, 5.41) is 4.64. The molecule has 1 N–H and O–H groups in total. The fourth-order valence-corrected chi connectivity index (χ4v) is 3.68. The summed E-state index contributed by atoms with van der Waals surface area (Å²) in [6, 6.07) is 3.84. The third-order valence-corrected chi connectivity index (χ3v) is 4.91. The van der Waals surface area contributed by atoms with E-state index in [9.17, 15) is 0 Å². The van der Waals surface area contributed by atoms with Gasteiger partial charge in [0.1, 0.15) is 5.82 Å². The maximum Gasteiger partial charge on any atom is 0.126 e. The number of anilines is 1. The van der Waals surface area contributed by atoms with Gasteiger partial charge in [0.15, 0.2) is 0 Å². The molecule has 1 fully saturated rings. The van der Waals surface area contributed by atoms with E-state index in [0.717, 1.165) is 27.5 Å². The van der Waals surface area contributed by atoms with Crippen LogP contribution in [0.3, 0.4) is 0 Å². The molecular formula is C13H19ClN2S. The normalized spacial score (nSPS) is 17.1. The molecule has 2 nitrogen and oxygen atoms in total. The van der Waals surface area contributed by atoms with Crippen molar-refractivity contribution in [3.63, 3.8) is 0 Å². The molecule has 2 rings (SSSR count). The summed E-state index contributed by atoms with van der Waals surface area (Å²) in [6.07, 6.45) is 6.89. The van der Waals surface area contributed by atoms with Gasteiger partial charge in [-0.2, -0.15) is 11.8 Å². The summed E-state index contributed by atoms with van der Waals surface area (Å²) in [5.74, 6) is 1.83. The lowest BCUT2D eigenvalue weighted by Crippen LogP contribution is -2.08. The van der Waals surface area contributed by atoms with Gasteiger partial charge in [-0.1, -0.05) is 30.9 Å². The molecule has 0 saturated heterocycles. The van der Waals surface area contributed by atoms with E-state index in [4.69, 9.17) is 11.6 Å². The molecular weight excluding hydrogens is 252 g/mol. The molecule has 1 aromatic heterocycles. The van der Waals surface area contributed by atoms with Crippen molar-refractivity contribution in [1.82, 2.24) is 4.98 Å². The Morgan fingerprint density at radius 1 is 1.35 bits per heavy atom. The first kappa shape index (κ1) is 13.0. The van der Waals surface area contributed by atoms with Crippen LogP contribution in [0.25, 0.3) is 0 Å². The Hall–Kier alpha value is -0.410. The van der Waals surface area contributed by atoms with Crippen molar-refractivity contribution in [2.24, 2.45) is 0 Å². The molecule has 0 spiro atoms. The molecule has 1 aromatic rings. The van der Waals surface area contributed by atoms with Crippen molar-refractivity contribution >= 4 is 29.2 Å². The van der Waals surface area contributed by atoms with Gasteiger partial charge in [0, 0.05) is 18.1 Å². The highest BCUT2D eigenvalue weighted by atomic mass is 35.5. The monoisotopic (exact) mass is 270 g/mol. The smallest absolute Gasteiger partial charge is 0.126 e. The van der Waals surface area contributed by atoms with Crippen LogP contribution in [0.4, 0.5) is 5.82 Å². The molecule has 1 aliphatic rings. The molecule has 0 unspecified atom stereocenters. The Labute approximate surface area is 113 Å². The maximum atomic E-state index is 6.17. The standard InChI is InChI=1S/C13H19ClN2S/c1-15-13-8-7-11(14)12(16-13)9-17-10-5-3-2-4-6-10/h7-8,10H,2-6,9H2,1H3,(H,15,16). The largest absolute Gasteiger partial charge is 0.373 e. The molecule has 1 saturated carbocycles. The van der Waals surface area contributed by atoms with Crippen molar-refractivity contribution in [3.05, 3.63) is 22.8 Å². The Morgan fingerprint density at radius 3 is 2.82 bits per heavy atom. The van der Waals surface area contributed by atoms with Gasteiger partial charge >= 0.3 is 0 Å². The topological polar surface area (TPSA) is 24.9 Å². The quantitative estimate of drug-likeness (QED) is 0.881. The fourth-order valence-electron chi connectivity index (χ4n) is 2.15. The highest BCUT2D eigenvalue weighted by Crippen LogP contribution is 2.31. The fraction of sp³-hybridized carbons (Fsp3) is 0.615. The predicted octanol–water partition coefficient (Wildman–Crippen LogP) is 4.34. The average Bonchev–Trinajstić information content (AvgIpc) is 2.39. The minimum absolute atomic E-state index is 0.785. The maximum absolute atomic E-state index is 6.17. The highest BCUT2D eigenvalue weighted by molar-refractivity contribution is 7.99. The van der Waals surface area contributed by atoms with Gasteiger partial charge in [-0.3, -0.25) is 0 Å². The highest BCUT2D eigenvalue weighted by Gasteiger charge is 2.14. The number of rotatable bonds is 4. The van der Waals surface area contributed by atoms with E-state index in [0.29, 0.717) is 0 Å². The van der Waals surface area contributed by atoms with Gasteiger partial charge in [-0.05, 0) is 25.0 Å². The van der Waals surface area contributed by atoms with E-state index in [1.807, 2.05) is 30.9 Å². The lowest BCUT2D eigenvalue weighted by atomic mass is 10.0. The summed E-state index contributed by atoms with van der Waals surface area (Å²) in [5.41, 5.74) is 1.01. The van der Waals surface area contributed by atoms with Crippen LogP contribution in [0.2, 0.25) is 5.02 Å². The van der Waals surface area contributed by atoms with E-state index in [1.54, 1.807) is 0 Å². The third kappa shape index (κ3) is 3.78. The number of thioether (sulfide) groups is 1. The second-order valence-electron chi connectivity index (χ2n) is 4.45. The van der Waals surface area contributed by atoms with Gasteiger partial charge in [0.05, 0.1) is 10.7 Å². The molecule has 0 bridgehead atoms. The SMILES string of the molecule is CNc1ccc(Cl)c(CSC2CCCCC2)n1. The molecule has 4 heteroatoms. The Morgan fingerprint density at radius 2 is 2.12 bits per heavy atom. The van der Waals surface area contributed by atoms with Crippen LogP contribution >= 0.6 is 23.4 Å². The van der Waals surface area contributed by atoms with Crippen LogP contribution in [0.1, 0.15) is 37.8 Å². The summed E-state index contributed by atoms with van der Waals surface area (Å²) < 4.78 is 0. The first-order chi connectivity index (χ1) is 8.29. The summed E-state index contributed by atoms with van der Waals surface area (Å²) in [6.45, 7) is 0. The minimum Gasteiger partial charge on any atom is -0.373 e. The van der Waals surface area contributed by atoms with Crippen LogP contribution in [0.5, 0.6) is 0 Å². The molecule has 17 heavy (non-hydrogen) atoms. The molecule has 0 radical (unpaired) electrons. The van der Waals surface area contributed by atoms with E-state index in [2.05, 4.69) is 10.3 Å². The van der Waals surface area contributed by atoms with Crippen LogP contribution < -0.4 is 5.32 Å². The van der Waals surface area contributed by atoms with E-state index < -0.39 is 0 Å². The zero-order valence-corrected chi connectivity index (χ0v) is 11.8. The number of hydrogen-bond donors (Lipinski definition) is 1. The molecule has 0 aromatic carbocycles. The summed E-state index contributed by atoms with van der Waals surface area (Å²) in [4.78, 5) is 4.51. The molecule has 0 aliphatic heterocycles. The Balaban J connectivity index is 1.92. The molecule has 0 atom stereocenters. The van der Waals surface area contributed by atoms with Gasteiger partial charge in [-0.25, -0.2) is 4.98 Å². The van der Waals surface area contributed by atoms with Gasteiger partial charge in [-0.15, -0.1) is 0 Å². The van der Waals surface area contributed by atoms with Crippen LogP contribution in [0, 0.1) is 0 Å². The number of nitrogens with zero attached hydrogens (tertiary/aromatic N) is 1. The van der Waals surface area contributed by atoms with Gasteiger partial charge in [0.2, 0.25) is 0 Å². The molecule has 0 amide bonds. The van der Waals surface area contributed by atoms with Crippen LogP contribution in [-0.2, 0) is 5.75 Å². The first-order valence-corrected chi connectivity index (χ1v) is 7.67. The zero-order chi connectivity index (χ0) is 12.1. The van der Waals surface area contributed by atoms with Crippen LogP contribution in [-0.4, -0.2) is 17.3 Å². The summed E-state index contributed by atoms with van der Waals surface area (Å²) in [7, 11) is 1.88. The van der Waals surface area contributed by atoms with Crippen LogP contribution in [0.15, 0.2) is 12.1 Å². The zero-order valence-electron chi connectivity index (χ0n) is 10.2. The van der Waals surface area contributed by atoms with Gasteiger partial charge in [0.25, 0.3) is 0 Å². The molecule has 1 aliphatic carbocycles. The van der Waals surface area contributed by atoms with Crippen molar-refractivity contribution in [2.75, 3.05) is 12.4 Å². The van der Waals surface area contributed by atoms with E-state index >= 15 is 0 Å². The van der Waals surface area contributed by atoms with Gasteiger partial charge < -0.3 is 5.32 Å². The van der Waals surface area contributed by atoms with Crippen molar-refractivity contribution < 1.29 is 0 Å². The second kappa shape index (κ2) is 6.50. The first-order valence-electron chi connectivity index (χ1n) is 6.24. The predicted molar refractivity (Wildman–Crippen MR) is 77.0 cm³/mol. The summed E-state index contributed by atoms with van der Waals surface area (Å²) >= 11 is 8.18. The van der Waals surface area contributed by atoms with E-state index in [1.165, 1.54) is 32.1 Å². The number of nitrogens with one attached hydrogen (secondary N) is 1. The number of hydrogen-bond acceptors (Lipinski definition) is 3. The second-order valence-corrected chi connectivity index (χ2v) is 6.14. The lowest BCUT2D eigenvalue weighted by Gasteiger charge is -2.21. The number of halogens is 1. The van der Waals surface area contributed by atoms with Crippen molar-refractivity contribution in [2.45, 2.75) is 43.1 Å². The number of pyridine rings is 1. The molecule has 94 valence electrons. The van der Waals surface area contributed by atoms with E-state index in [-0.39, 0.29) is 0 Å². The minimum atomic E-state index is 0.785. The molecule has 1 heterocycles. The Bertz CT molecular complexity index is 364.